The maximum absolute atomic E-state index is 5.94. The van der Waals surface area contributed by atoms with Crippen LogP contribution in [0.15, 0.2) is 24.3 Å². The summed E-state index contributed by atoms with van der Waals surface area (Å²) in [5.74, 6) is 6.79. The van der Waals surface area contributed by atoms with Gasteiger partial charge in [0.25, 0.3) is 0 Å². The standard InChI is InChI=1S/C12H13Cl/c1-10(2)6-5-8-11-7-3-4-9-12(11)13/h3-4,7,9-10H,6H2,1-2H3. The third-order valence-corrected chi connectivity index (χ3v) is 1.94. The molecule has 0 radical (unpaired) electrons. The first-order chi connectivity index (χ1) is 6.20. The van der Waals surface area contributed by atoms with E-state index in [4.69, 9.17) is 11.6 Å². The van der Waals surface area contributed by atoms with Gasteiger partial charge in [-0.05, 0) is 18.1 Å². The van der Waals surface area contributed by atoms with E-state index in [2.05, 4.69) is 25.7 Å². The lowest BCUT2D eigenvalue weighted by Crippen LogP contribution is -1.82. The average Bonchev–Trinajstić information content (AvgIpc) is 2.08. The van der Waals surface area contributed by atoms with E-state index in [1.165, 1.54) is 0 Å². The van der Waals surface area contributed by atoms with Gasteiger partial charge in [-0.15, -0.1) is 0 Å². The molecule has 1 heteroatoms. The highest BCUT2D eigenvalue weighted by Gasteiger charge is 1.92. The average molecular weight is 193 g/mol. The fraction of sp³-hybridized carbons (Fsp3) is 0.333. The molecule has 0 unspecified atom stereocenters. The van der Waals surface area contributed by atoms with Crippen LogP contribution in [0.5, 0.6) is 0 Å². The maximum Gasteiger partial charge on any atom is 0.0562 e. The van der Waals surface area contributed by atoms with Crippen molar-refractivity contribution in [3.05, 3.63) is 34.9 Å². The summed E-state index contributed by atoms with van der Waals surface area (Å²) in [4.78, 5) is 0. The molecule has 0 spiro atoms. The van der Waals surface area contributed by atoms with Crippen LogP contribution in [0.25, 0.3) is 0 Å². The first-order valence-corrected chi connectivity index (χ1v) is 4.81. The van der Waals surface area contributed by atoms with Crippen molar-refractivity contribution in [3.8, 4) is 11.8 Å². The summed E-state index contributed by atoms with van der Waals surface area (Å²) in [6, 6.07) is 7.66. The zero-order valence-corrected chi connectivity index (χ0v) is 8.73. The van der Waals surface area contributed by atoms with Crippen LogP contribution in [0.4, 0.5) is 0 Å². The molecule has 0 N–H and O–H groups in total. The molecule has 1 aromatic rings. The maximum atomic E-state index is 5.94. The molecule has 0 aliphatic heterocycles. The van der Waals surface area contributed by atoms with Crippen molar-refractivity contribution in [2.75, 3.05) is 0 Å². The van der Waals surface area contributed by atoms with Crippen LogP contribution in [0.1, 0.15) is 25.8 Å². The number of hydrogen-bond donors (Lipinski definition) is 0. The van der Waals surface area contributed by atoms with Crippen molar-refractivity contribution < 1.29 is 0 Å². The minimum Gasteiger partial charge on any atom is -0.0976 e. The van der Waals surface area contributed by atoms with Crippen molar-refractivity contribution in [1.82, 2.24) is 0 Å². The Labute approximate surface area is 84.9 Å². The Morgan fingerprint density at radius 2 is 2.00 bits per heavy atom. The lowest BCUT2D eigenvalue weighted by molar-refractivity contribution is 0.676. The number of hydrogen-bond acceptors (Lipinski definition) is 0. The summed E-state index contributed by atoms with van der Waals surface area (Å²) in [7, 11) is 0. The highest BCUT2D eigenvalue weighted by molar-refractivity contribution is 6.31. The molecule has 0 aromatic heterocycles. The second kappa shape index (κ2) is 4.94. The highest BCUT2D eigenvalue weighted by Crippen LogP contribution is 2.13. The molecule has 68 valence electrons. The van der Waals surface area contributed by atoms with E-state index in [-0.39, 0.29) is 0 Å². The Morgan fingerprint density at radius 1 is 1.31 bits per heavy atom. The van der Waals surface area contributed by atoms with Crippen LogP contribution >= 0.6 is 11.6 Å². The molecule has 0 atom stereocenters. The van der Waals surface area contributed by atoms with Gasteiger partial charge in [-0.3, -0.25) is 0 Å². The molecule has 13 heavy (non-hydrogen) atoms. The Bertz CT molecular complexity index is 328. The van der Waals surface area contributed by atoms with Crippen molar-refractivity contribution in [3.63, 3.8) is 0 Å². The van der Waals surface area contributed by atoms with Gasteiger partial charge in [0.2, 0.25) is 0 Å². The number of benzene rings is 1. The first-order valence-electron chi connectivity index (χ1n) is 4.43. The van der Waals surface area contributed by atoms with Crippen molar-refractivity contribution in [2.24, 2.45) is 5.92 Å². The lowest BCUT2D eigenvalue weighted by atomic mass is 10.1. The smallest absolute Gasteiger partial charge is 0.0562 e. The van der Waals surface area contributed by atoms with Gasteiger partial charge in [0, 0.05) is 12.0 Å². The summed E-state index contributed by atoms with van der Waals surface area (Å²) in [6.07, 6.45) is 0.922. The van der Waals surface area contributed by atoms with Crippen molar-refractivity contribution in [1.29, 1.82) is 0 Å². The van der Waals surface area contributed by atoms with E-state index in [1.807, 2.05) is 24.3 Å². The fourth-order valence-corrected chi connectivity index (χ4v) is 1.10. The molecule has 1 aromatic carbocycles. The van der Waals surface area contributed by atoms with Crippen LogP contribution in [0.3, 0.4) is 0 Å². The summed E-state index contributed by atoms with van der Waals surface area (Å²) in [5, 5.41) is 0.735. The van der Waals surface area contributed by atoms with Gasteiger partial charge in [-0.25, -0.2) is 0 Å². The third-order valence-electron chi connectivity index (χ3n) is 1.61. The van der Waals surface area contributed by atoms with Crippen LogP contribution in [0, 0.1) is 17.8 Å². The van der Waals surface area contributed by atoms with E-state index >= 15 is 0 Å². The second-order valence-corrected chi connectivity index (χ2v) is 3.79. The third kappa shape index (κ3) is 3.53. The van der Waals surface area contributed by atoms with Gasteiger partial charge in [0.05, 0.1) is 5.02 Å². The van der Waals surface area contributed by atoms with Gasteiger partial charge in [-0.1, -0.05) is 49.4 Å². The molecule has 0 saturated carbocycles. The van der Waals surface area contributed by atoms with Crippen molar-refractivity contribution >= 4 is 11.6 Å². The Kier molecular flexibility index (Phi) is 3.86. The normalized spacial score (nSPS) is 9.54. The Hall–Kier alpha value is -0.930. The van der Waals surface area contributed by atoms with Gasteiger partial charge < -0.3 is 0 Å². The van der Waals surface area contributed by atoms with Gasteiger partial charge in [0.1, 0.15) is 0 Å². The summed E-state index contributed by atoms with van der Waals surface area (Å²) in [5.41, 5.74) is 0.921. The largest absolute Gasteiger partial charge is 0.0976 e. The van der Waals surface area contributed by atoms with Gasteiger partial charge in [0.15, 0.2) is 0 Å². The zero-order valence-electron chi connectivity index (χ0n) is 7.97. The van der Waals surface area contributed by atoms with Gasteiger partial charge >= 0.3 is 0 Å². The fourth-order valence-electron chi connectivity index (χ4n) is 0.913. The quantitative estimate of drug-likeness (QED) is 0.595. The van der Waals surface area contributed by atoms with E-state index in [1.54, 1.807) is 0 Å². The van der Waals surface area contributed by atoms with Gasteiger partial charge in [-0.2, -0.15) is 0 Å². The molecule has 0 saturated heterocycles. The van der Waals surface area contributed by atoms with E-state index in [0.29, 0.717) is 5.92 Å². The molecular formula is C12H13Cl. The molecule has 0 amide bonds. The number of halogens is 1. The van der Waals surface area contributed by atoms with E-state index in [0.717, 1.165) is 17.0 Å². The monoisotopic (exact) mass is 192 g/mol. The minimum absolute atomic E-state index is 0.620. The molecule has 0 fully saturated rings. The highest BCUT2D eigenvalue weighted by atomic mass is 35.5. The molecular weight excluding hydrogens is 180 g/mol. The van der Waals surface area contributed by atoms with Crippen molar-refractivity contribution in [2.45, 2.75) is 20.3 Å². The Morgan fingerprint density at radius 3 is 2.62 bits per heavy atom. The minimum atomic E-state index is 0.620. The SMILES string of the molecule is CC(C)CC#Cc1ccccc1Cl. The molecule has 0 aliphatic carbocycles. The van der Waals surface area contributed by atoms with Crippen LogP contribution in [-0.2, 0) is 0 Å². The lowest BCUT2D eigenvalue weighted by Gasteiger charge is -1.95. The predicted octanol–water partition coefficient (Wildman–Crippen LogP) is 3.74. The Balaban J connectivity index is 2.72. The topological polar surface area (TPSA) is 0 Å². The zero-order chi connectivity index (χ0) is 9.68. The summed E-state index contributed by atoms with van der Waals surface area (Å²) < 4.78 is 0. The van der Waals surface area contributed by atoms with E-state index < -0.39 is 0 Å². The molecule has 0 aliphatic rings. The summed E-state index contributed by atoms with van der Waals surface area (Å²) in [6.45, 7) is 4.31. The summed E-state index contributed by atoms with van der Waals surface area (Å²) >= 11 is 5.94. The van der Waals surface area contributed by atoms with Crippen LogP contribution < -0.4 is 0 Å². The predicted molar refractivity (Wildman–Crippen MR) is 57.8 cm³/mol. The molecule has 0 heterocycles. The molecule has 0 nitrogen and oxygen atoms in total. The number of rotatable bonds is 1. The first kappa shape index (κ1) is 10.2. The van der Waals surface area contributed by atoms with Crippen LogP contribution in [-0.4, -0.2) is 0 Å². The molecule has 0 bridgehead atoms. The van der Waals surface area contributed by atoms with Crippen LogP contribution in [0.2, 0.25) is 5.02 Å². The molecule has 1 rings (SSSR count). The van der Waals surface area contributed by atoms with E-state index in [9.17, 15) is 0 Å². The second-order valence-electron chi connectivity index (χ2n) is 3.38.